The van der Waals surface area contributed by atoms with Gasteiger partial charge in [0.1, 0.15) is 5.82 Å². The maximum Gasteiger partial charge on any atom is 0.141 e. The molecule has 0 aliphatic rings. The normalized spacial score (nSPS) is 14.5. The molecule has 18 heavy (non-hydrogen) atoms. The van der Waals surface area contributed by atoms with Crippen molar-refractivity contribution in [1.29, 1.82) is 0 Å². The molecule has 1 rings (SSSR count). The second kappa shape index (κ2) is 8.00. The van der Waals surface area contributed by atoms with E-state index < -0.39 is 0 Å². The Kier molecular flexibility index (Phi) is 7.00. The zero-order valence-corrected chi connectivity index (χ0v) is 12.3. The van der Waals surface area contributed by atoms with Gasteiger partial charge in [-0.3, -0.25) is 11.3 Å². The van der Waals surface area contributed by atoms with Crippen LogP contribution in [0, 0.1) is 5.82 Å². The first-order chi connectivity index (χ1) is 8.56. The Morgan fingerprint density at radius 3 is 2.78 bits per heavy atom. The van der Waals surface area contributed by atoms with Crippen molar-refractivity contribution in [1.82, 2.24) is 5.43 Å². The molecule has 0 fully saturated rings. The van der Waals surface area contributed by atoms with Gasteiger partial charge in [0, 0.05) is 17.0 Å². The Morgan fingerprint density at radius 2 is 2.22 bits per heavy atom. The zero-order valence-electron chi connectivity index (χ0n) is 10.7. The molecule has 1 aromatic carbocycles. The molecule has 5 heteroatoms. The minimum absolute atomic E-state index is 0.165. The summed E-state index contributed by atoms with van der Waals surface area (Å²) in [5, 5.41) is 0.788. The SMILES string of the molecule is CCC(C)SCC(Cc1ccc(F)c(Cl)c1)NN. The van der Waals surface area contributed by atoms with Crippen LogP contribution in [-0.4, -0.2) is 17.0 Å². The molecule has 0 saturated carbocycles. The van der Waals surface area contributed by atoms with Gasteiger partial charge in [-0.05, 0) is 30.5 Å². The fraction of sp³-hybridized carbons (Fsp3) is 0.538. The molecule has 1 aromatic rings. The van der Waals surface area contributed by atoms with E-state index in [1.54, 1.807) is 12.1 Å². The average molecular weight is 291 g/mol. The Labute approximate surface area is 117 Å². The van der Waals surface area contributed by atoms with Crippen molar-refractivity contribution in [3.63, 3.8) is 0 Å². The Hall–Kier alpha value is -0.290. The lowest BCUT2D eigenvalue weighted by atomic mass is 10.1. The smallest absolute Gasteiger partial charge is 0.141 e. The number of hydrogen-bond acceptors (Lipinski definition) is 3. The molecule has 2 atom stereocenters. The van der Waals surface area contributed by atoms with Gasteiger partial charge in [-0.15, -0.1) is 0 Å². The molecule has 0 saturated heterocycles. The van der Waals surface area contributed by atoms with E-state index in [1.165, 1.54) is 6.07 Å². The largest absolute Gasteiger partial charge is 0.271 e. The number of nitrogens with one attached hydrogen (secondary N) is 1. The fourth-order valence-electron chi connectivity index (χ4n) is 1.52. The molecular formula is C13H20ClFN2S. The minimum Gasteiger partial charge on any atom is -0.271 e. The molecule has 0 bridgehead atoms. The van der Waals surface area contributed by atoms with Crippen LogP contribution in [0.3, 0.4) is 0 Å². The number of thioether (sulfide) groups is 1. The monoisotopic (exact) mass is 290 g/mol. The molecule has 0 aromatic heterocycles. The molecule has 0 spiro atoms. The van der Waals surface area contributed by atoms with Crippen LogP contribution in [-0.2, 0) is 6.42 Å². The molecular weight excluding hydrogens is 271 g/mol. The highest BCUT2D eigenvalue weighted by atomic mass is 35.5. The predicted octanol–water partition coefficient (Wildman–Crippen LogP) is 3.39. The molecule has 0 aliphatic heterocycles. The van der Waals surface area contributed by atoms with E-state index in [0.29, 0.717) is 5.25 Å². The molecule has 3 N–H and O–H groups in total. The van der Waals surface area contributed by atoms with Crippen LogP contribution in [0.15, 0.2) is 18.2 Å². The molecule has 0 amide bonds. The lowest BCUT2D eigenvalue weighted by Gasteiger charge is -2.18. The van der Waals surface area contributed by atoms with Gasteiger partial charge in [-0.1, -0.05) is 31.5 Å². The van der Waals surface area contributed by atoms with E-state index in [1.807, 2.05) is 11.8 Å². The highest BCUT2D eigenvalue weighted by Crippen LogP contribution is 2.19. The summed E-state index contributed by atoms with van der Waals surface area (Å²) in [5.41, 5.74) is 3.80. The van der Waals surface area contributed by atoms with Crippen LogP contribution in [0.5, 0.6) is 0 Å². The van der Waals surface area contributed by atoms with Crippen molar-refractivity contribution in [2.75, 3.05) is 5.75 Å². The zero-order chi connectivity index (χ0) is 13.5. The molecule has 2 nitrogen and oxygen atoms in total. The number of rotatable bonds is 7. The van der Waals surface area contributed by atoms with Crippen LogP contribution < -0.4 is 11.3 Å². The van der Waals surface area contributed by atoms with Gasteiger partial charge in [-0.2, -0.15) is 11.8 Å². The van der Waals surface area contributed by atoms with Gasteiger partial charge in [0.05, 0.1) is 5.02 Å². The van der Waals surface area contributed by atoms with Crippen LogP contribution in [0.4, 0.5) is 4.39 Å². The predicted molar refractivity (Wildman–Crippen MR) is 78.4 cm³/mol. The van der Waals surface area contributed by atoms with Crippen LogP contribution in [0.2, 0.25) is 5.02 Å². The second-order valence-electron chi connectivity index (χ2n) is 4.37. The summed E-state index contributed by atoms with van der Waals surface area (Å²) < 4.78 is 13.0. The van der Waals surface area contributed by atoms with Crippen LogP contribution >= 0.6 is 23.4 Å². The number of halogens is 2. The molecule has 102 valence electrons. The standard InChI is InChI=1S/C13H20ClFN2S/c1-3-9(2)18-8-11(17-16)6-10-4-5-13(15)12(14)7-10/h4-5,7,9,11,17H,3,6,8,16H2,1-2H3. The minimum atomic E-state index is -0.383. The van der Waals surface area contributed by atoms with Crippen molar-refractivity contribution in [3.8, 4) is 0 Å². The third-order valence-corrected chi connectivity index (χ3v) is 4.65. The van der Waals surface area contributed by atoms with Crippen molar-refractivity contribution in [2.45, 2.75) is 38.0 Å². The third-order valence-electron chi connectivity index (χ3n) is 2.86. The average Bonchev–Trinajstić information content (AvgIpc) is 2.38. The first kappa shape index (κ1) is 15.8. The van der Waals surface area contributed by atoms with Crippen LogP contribution in [0.25, 0.3) is 0 Å². The first-order valence-corrected chi connectivity index (χ1v) is 7.51. The molecule has 0 aliphatic carbocycles. The van der Waals surface area contributed by atoms with Gasteiger partial charge in [0.15, 0.2) is 0 Å². The molecule has 2 unspecified atom stereocenters. The summed E-state index contributed by atoms with van der Waals surface area (Å²) >= 11 is 7.64. The van der Waals surface area contributed by atoms with Gasteiger partial charge < -0.3 is 0 Å². The summed E-state index contributed by atoms with van der Waals surface area (Å²) in [6.07, 6.45) is 1.89. The fourth-order valence-corrected chi connectivity index (χ4v) is 2.73. The third kappa shape index (κ3) is 5.14. The number of hydrogen-bond donors (Lipinski definition) is 2. The maximum absolute atomic E-state index is 13.0. The summed E-state index contributed by atoms with van der Waals surface area (Å²) in [6.45, 7) is 4.37. The van der Waals surface area contributed by atoms with Gasteiger partial charge in [0.25, 0.3) is 0 Å². The van der Waals surface area contributed by atoms with E-state index in [2.05, 4.69) is 19.3 Å². The highest BCUT2D eigenvalue weighted by Gasteiger charge is 2.11. The van der Waals surface area contributed by atoms with E-state index >= 15 is 0 Å². The maximum atomic E-state index is 13.0. The van der Waals surface area contributed by atoms with E-state index in [9.17, 15) is 4.39 Å². The van der Waals surface area contributed by atoms with Gasteiger partial charge in [-0.25, -0.2) is 4.39 Å². The Bertz CT molecular complexity index is 376. The molecule has 0 heterocycles. The number of benzene rings is 1. The van der Waals surface area contributed by atoms with E-state index in [0.717, 1.165) is 24.2 Å². The number of nitrogens with two attached hydrogens (primary N) is 1. The quantitative estimate of drug-likeness (QED) is 0.597. The molecule has 0 radical (unpaired) electrons. The Balaban J connectivity index is 2.54. The summed E-state index contributed by atoms with van der Waals surface area (Å²) in [6, 6.07) is 4.98. The topological polar surface area (TPSA) is 38.0 Å². The Morgan fingerprint density at radius 1 is 1.50 bits per heavy atom. The summed E-state index contributed by atoms with van der Waals surface area (Å²) in [7, 11) is 0. The second-order valence-corrected chi connectivity index (χ2v) is 6.25. The van der Waals surface area contributed by atoms with Crippen molar-refractivity contribution in [2.24, 2.45) is 5.84 Å². The lowest BCUT2D eigenvalue weighted by molar-refractivity contribution is 0.573. The first-order valence-electron chi connectivity index (χ1n) is 6.08. The van der Waals surface area contributed by atoms with Gasteiger partial charge >= 0.3 is 0 Å². The van der Waals surface area contributed by atoms with Crippen molar-refractivity contribution >= 4 is 23.4 Å². The number of hydrazine groups is 1. The summed E-state index contributed by atoms with van der Waals surface area (Å²) in [4.78, 5) is 0. The highest BCUT2D eigenvalue weighted by molar-refractivity contribution is 7.99. The lowest BCUT2D eigenvalue weighted by Crippen LogP contribution is -2.39. The van der Waals surface area contributed by atoms with E-state index in [4.69, 9.17) is 17.4 Å². The van der Waals surface area contributed by atoms with Crippen molar-refractivity contribution < 1.29 is 4.39 Å². The van der Waals surface area contributed by atoms with E-state index in [-0.39, 0.29) is 16.9 Å². The van der Waals surface area contributed by atoms with Crippen LogP contribution in [0.1, 0.15) is 25.8 Å². The van der Waals surface area contributed by atoms with Gasteiger partial charge in [0.2, 0.25) is 0 Å². The van der Waals surface area contributed by atoms with Crippen molar-refractivity contribution in [3.05, 3.63) is 34.6 Å². The summed E-state index contributed by atoms with van der Waals surface area (Å²) in [5.74, 6) is 6.09.